The van der Waals surface area contributed by atoms with Crippen molar-refractivity contribution in [2.24, 2.45) is 11.7 Å². The molecular weight excluding hydrogens is 254 g/mol. The van der Waals surface area contributed by atoms with Crippen LogP contribution in [0.3, 0.4) is 0 Å². The van der Waals surface area contributed by atoms with Gasteiger partial charge in [0.1, 0.15) is 0 Å². The van der Waals surface area contributed by atoms with Gasteiger partial charge in [-0.05, 0) is 31.7 Å². The van der Waals surface area contributed by atoms with E-state index >= 15 is 0 Å². The van der Waals surface area contributed by atoms with Gasteiger partial charge in [-0.25, -0.2) is 0 Å². The first-order valence-corrected chi connectivity index (χ1v) is 7.93. The highest BCUT2D eigenvalue weighted by Crippen LogP contribution is 2.17. The van der Waals surface area contributed by atoms with Gasteiger partial charge in [0.05, 0.1) is 6.61 Å². The van der Waals surface area contributed by atoms with Gasteiger partial charge in [-0.3, -0.25) is 0 Å². The maximum atomic E-state index is 12.2. The van der Waals surface area contributed by atoms with E-state index < -0.39 is 10.2 Å². The van der Waals surface area contributed by atoms with Crippen molar-refractivity contribution in [3.63, 3.8) is 0 Å². The molecule has 1 heterocycles. The standard InChI is InChI=1S/C11H25N3O3S/c1-3-11(9-17-2)13-18(15,16)14-6-4-5-10(7-12)8-14/h10-11,13H,3-9,12H2,1-2H3. The van der Waals surface area contributed by atoms with E-state index in [1.54, 1.807) is 7.11 Å². The third kappa shape index (κ3) is 4.47. The second kappa shape index (κ2) is 7.40. The van der Waals surface area contributed by atoms with Crippen LogP contribution in [0.2, 0.25) is 0 Å². The Morgan fingerprint density at radius 2 is 2.28 bits per heavy atom. The van der Waals surface area contributed by atoms with Crippen molar-refractivity contribution in [1.82, 2.24) is 9.03 Å². The van der Waals surface area contributed by atoms with E-state index in [4.69, 9.17) is 10.5 Å². The zero-order valence-electron chi connectivity index (χ0n) is 11.3. The summed E-state index contributed by atoms with van der Waals surface area (Å²) in [6.45, 7) is 3.97. The minimum atomic E-state index is -3.41. The summed E-state index contributed by atoms with van der Waals surface area (Å²) in [7, 11) is -1.84. The third-order valence-corrected chi connectivity index (χ3v) is 4.97. The molecule has 1 fully saturated rings. The Kier molecular flexibility index (Phi) is 6.51. The Morgan fingerprint density at radius 1 is 1.56 bits per heavy atom. The Labute approximate surface area is 110 Å². The minimum Gasteiger partial charge on any atom is -0.383 e. The minimum absolute atomic E-state index is 0.168. The topological polar surface area (TPSA) is 84.7 Å². The van der Waals surface area contributed by atoms with Crippen LogP contribution in [-0.4, -0.2) is 52.1 Å². The van der Waals surface area contributed by atoms with Crippen molar-refractivity contribution in [1.29, 1.82) is 0 Å². The maximum Gasteiger partial charge on any atom is 0.279 e. The molecule has 2 atom stereocenters. The smallest absolute Gasteiger partial charge is 0.279 e. The number of hydrogen-bond acceptors (Lipinski definition) is 4. The van der Waals surface area contributed by atoms with Crippen LogP contribution in [0.1, 0.15) is 26.2 Å². The molecule has 0 aromatic carbocycles. The van der Waals surface area contributed by atoms with Gasteiger partial charge in [0, 0.05) is 26.2 Å². The number of methoxy groups -OCH3 is 1. The summed E-state index contributed by atoms with van der Waals surface area (Å²) in [5, 5.41) is 0. The van der Waals surface area contributed by atoms with Crippen LogP contribution in [0.25, 0.3) is 0 Å². The second-order valence-electron chi connectivity index (χ2n) is 4.79. The SMILES string of the molecule is CCC(COC)NS(=O)(=O)N1CCCC(CN)C1. The number of nitrogens with one attached hydrogen (secondary N) is 1. The average molecular weight is 279 g/mol. The molecule has 0 amide bonds. The van der Waals surface area contributed by atoms with Gasteiger partial charge in [0.2, 0.25) is 0 Å². The number of nitrogens with zero attached hydrogens (tertiary/aromatic N) is 1. The van der Waals surface area contributed by atoms with E-state index in [-0.39, 0.29) is 12.0 Å². The molecule has 0 aliphatic carbocycles. The van der Waals surface area contributed by atoms with E-state index in [2.05, 4.69) is 4.72 Å². The highest BCUT2D eigenvalue weighted by Gasteiger charge is 2.29. The van der Waals surface area contributed by atoms with Crippen LogP contribution in [-0.2, 0) is 14.9 Å². The zero-order chi connectivity index (χ0) is 13.6. The molecule has 0 spiro atoms. The van der Waals surface area contributed by atoms with Crippen LogP contribution in [0, 0.1) is 5.92 Å². The first-order valence-electron chi connectivity index (χ1n) is 6.49. The molecule has 0 aromatic heterocycles. The van der Waals surface area contributed by atoms with Crippen molar-refractivity contribution in [2.45, 2.75) is 32.2 Å². The predicted octanol–water partition coefficient (Wildman–Crippen LogP) is -0.0835. The van der Waals surface area contributed by atoms with Crippen molar-refractivity contribution in [2.75, 3.05) is 33.4 Å². The van der Waals surface area contributed by atoms with Gasteiger partial charge in [-0.2, -0.15) is 17.4 Å². The zero-order valence-corrected chi connectivity index (χ0v) is 12.1. The van der Waals surface area contributed by atoms with Gasteiger partial charge in [0.15, 0.2) is 0 Å². The molecule has 1 aliphatic rings. The van der Waals surface area contributed by atoms with Crippen molar-refractivity contribution >= 4 is 10.2 Å². The first kappa shape index (κ1) is 15.8. The Balaban J connectivity index is 2.61. The molecule has 1 saturated heterocycles. The van der Waals surface area contributed by atoms with Gasteiger partial charge < -0.3 is 10.5 Å². The summed E-state index contributed by atoms with van der Waals surface area (Å²) >= 11 is 0. The quantitative estimate of drug-likeness (QED) is 0.682. The molecule has 108 valence electrons. The normalized spacial score (nSPS) is 24.1. The van der Waals surface area contributed by atoms with Crippen LogP contribution in [0.5, 0.6) is 0 Å². The largest absolute Gasteiger partial charge is 0.383 e. The van der Waals surface area contributed by atoms with E-state index in [1.807, 2.05) is 6.92 Å². The number of nitrogens with two attached hydrogens (primary N) is 1. The molecular formula is C11H25N3O3S. The van der Waals surface area contributed by atoms with Gasteiger partial charge >= 0.3 is 0 Å². The highest BCUT2D eigenvalue weighted by atomic mass is 32.2. The second-order valence-corrected chi connectivity index (χ2v) is 6.49. The van der Waals surface area contributed by atoms with Crippen molar-refractivity contribution in [3.05, 3.63) is 0 Å². The predicted molar refractivity (Wildman–Crippen MR) is 71.4 cm³/mol. The lowest BCUT2D eigenvalue weighted by molar-refractivity contribution is 0.171. The summed E-state index contributed by atoms with van der Waals surface area (Å²) in [5.41, 5.74) is 5.62. The fourth-order valence-corrected chi connectivity index (χ4v) is 3.74. The average Bonchev–Trinajstić information content (AvgIpc) is 2.38. The molecule has 18 heavy (non-hydrogen) atoms. The fourth-order valence-electron chi connectivity index (χ4n) is 2.16. The fraction of sp³-hybridized carbons (Fsp3) is 1.00. The molecule has 7 heteroatoms. The molecule has 0 saturated carbocycles. The summed E-state index contributed by atoms with van der Waals surface area (Å²) < 4.78 is 33.6. The Bertz CT molecular complexity index is 334. The van der Waals surface area contributed by atoms with Crippen LogP contribution in [0.4, 0.5) is 0 Å². The van der Waals surface area contributed by atoms with E-state index in [1.165, 1.54) is 4.31 Å². The molecule has 2 unspecified atom stereocenters. The molecule has 1 aliphatic heterocycles. The maximum absolute atomic E-state index is 12.2. The van der Waals surface area contributed by atoms with Gasteiger partial charge in [0.25, 0.3) is 10.2 Å². The highest BCUT2D eigenvalue weighted by molar-refractivity contribution is 7.87. The van der Waals surface area contributed by atoms with Gasteiger partial charge in [-0.15, -0.1) is 0 Å². The summed E-state index contributed by atoms with van der Waals surface area (Å²) in [6, 6.07) is -0.168. The lowest BCUT2D eigenvalue weighted by Crippen LogP contribution is -2.50. The summed E-state index contributed by atoms with van der Waals surface area (Å²) in [6.07, 6.45) is 2.60. The number of hydrogen-bond donors (Lipinski definition) is 2. The molecule has 0 radical (unpaired) electrons. The third-order valence-electron chi connectivity index (χ3n) is 3.33. The molecule has 1 rings (SSSR count). The monoisotopic (exact) mass is 279 g/mol. The number of ether oxygens (including phenoxy) is 1. The molecule has 3 N–H and O–H groups in total. The van der Waals surface area contributed by atoms with E-state index in [9.17, 15) is 8.42 Å². The number of piperidine rings is 1. The van der Waals surface area contributed by atoms with Crippen LogP contribution >= 0.6 is 0 Å². The van der Waals surface area contributed by atoms with Crippen LogP contribution < -0.4 is 10.5 Å². The summed E-state index contributed by atoms with van der Waals surface area (Å²) in [4.78, 5) is 0. The van der Waals surface area contributed by atoms with E-state index in [0.29, 0.717) is 32.7 Å². The molecule has 0 bridgehead atoms. The summed E-state index contributed by atoms with van der Waals surface area (Å²) in [5.74, 6) is 0.276. The molecule has 6 nitrogen and oxygen atoms in total. The van der Waals surface area contributed by atoms with Crippen LogP contribution in [0.15, 0.2) is 0 Å². The number of rotatable bonds is 7. The Hall–Kier alpha value is -0.210. The van der Waals surface area contributed by atoms with E-state index in [0.717, 1.165) is 12.8 Å². The Morgan fingerprint density at radius 3 is 2.83 bits per heavy atom. The lowest BCUT2D eigenvalue weighted by Gasteiger charge is -2.32. The first-order chi connectivity index (χ1) is 8.53. The molecule has 0 aromatic rings. The van der Waals surface area contributed by atoms with Gasteiger partial charge in [-0.1, -0.05) is 6.92 Å². The van der Waals surface area contributed by atoms with Crippen molar-refractivity contribution in [3.8, 4) is 0 Å². The lowest BCUT2D eigenvalue weighted by atomic mass is 10.0. The van der Waals surface area contributed by atoms with Crippen molar-refractivity contribution < 1.29 is 13.2 Å².